The summed E-state index contributed by atoms with van der Waals surface area (Å²) in [5.74, 6) is 0.697. The van der Waals surface area contributed by atoms with Crippen molar-refractivity contribution in [2.75, 3.05) is 14.2 Å². The standard InChI is InChI=1S/C14H18O3S/c1-10-5-6-11(16-2)12(9-10)18-14(7-4-8-14)13(15)17-3/h5-6,9H,4,7-8H2,1-3H3. The normalized spacial score (nSPS) is 16.8. The molecule has 1 fully saturated rings. The number of carbonyl (C=O) groups excluding carboxylic acids is 1. The first kappa shape index (κ1) is 13.3. The van der Waals surface area contributed by atoms with Gasteiger partial charge in [-0.25, -0.2) is 0 Å². The summed E-state index contributed by atoms with van der Waals surface area (Å²) in [5, 5.41) is 0. The number of hydrogen-bond donors (Lipinski definition) is 0. The zero-order valence-electron chi connectivity index (χ0n) is 11.0. The minimum Gasteiger partial charge on any atom is -0.496 e. The van der Waals surface area contributed by atoms with E-state index in [4.69, 9.17) is 9.47 Å². The van der Waals surface area contributed by atoms with Gasteiger partial charge in [-0.1, -0.05) is 6.07 Å². The Balaban J connectivity index is 2.27. The average molecular weight is 266 g/mol. The lowest BCUT2D eigenvalue weighted by Gasteiger charge is -2.38. The zero-order valence-corrected chi connectivity index (χ0v) is 11.8. The van der Waals surface area contributed by atoms with Crippen molar-refractivity contribution in [3.63, 3.8) is 0 Å². The van der Waals surface area contributed by atoms with E-state index in [9.17, 15) is 4.79 Å². The molecule has 1 aliphatic rings. The molecule has 0 heterocycles. The van der Waals surface area contributed by atoms with Crippen LogP contribution in [-0.4, -0.2) is 24.9 Å². The Morgan fingerprint density at radius 2 is 2.06 bits per heavy atom. The smallest absolute Gasteiger partial charge is 0.322 e. The summed E-state index contributed by atoms with van der Waals surface area (Å²) >= 11 is 1.58. The maximum Gasteiger partial charge on any atom is 0.322 e. The first-order valence-corrected chi connectivity index (χ1v) is 6.85. The van der Waals surface area contributed by atoms with E-state index >= 15 is 0 Å². The molecule has 0 amide bonds. The van der Waals surface area contributed by atoms with Crippen LogP contribution in [0.2, 0.25) is 0 Å². The van der Waals surface area contributed by atoms with Crippen molar-refractivity contribution < 1.29 is 14.3 Å². The number of hydrogen-bond acceptors (Lipinski definition) is 4. The van der Waals surface area contributed by atoms with Crippen LogP contribution in [0.25, 0.3) is 0 Å². The van der Waals surface area contributed by atoms with E-state index in [0.717, 1.165) is 35.5 Å². The topological polar surface area (TPSA) is 35.5 Å². The number of thioether (sulfide) groups is 1. The van der Waals surface area contributed by atoms with Crippen molar-refractivity contribution in [2.45, 2.75) is 35.8 Å². The number of ether oxygens (including phenoxy) is 2. The largest absolute Gasteiger partial charge is 0.496 e. The summed E-state index contributed by atoms with van der Waals surface area (Å²) in [4.78, 5) is 12.9. The van der Waals surface area contributed by atoms with E-state index in [1.54, 1.807) is 18.9 Å². The van der Waals surface area contributed by atoms with Crippen LogP contribution in [0.4, 0.5) is 0 Å². The van der Waals surface area contributed by atoms with E-state index in [2.05, 4.69) is 6.07 Å². The molecular weight excluding hydrogens is 248 g/mol. The number of carbonyl (C=O) groups is 1. The first-order chi connectivity index (χ1) is 8.61. The highest BCUT2D eigenvalue weighted by Gasteiger charge is 2.46. The molecule has 98 valence electrons. The average Bonchev–Trinajstić information content (AvgIpc) is 2.33. The molecule has 0 aromatic heterocycles. The maximum absolute atomic E-state index is 11.9. The maximum atomic E-state index is 11.9. The molecule has 4 heteroatoms. The van der Waals surface area contributed by atoms with Crippen molar-refractivity contribution in [3.05, 3.63) is 23.8 Å². The van der Waals surface area contributed by atoms with Gasteiger partial charge >= 0.3 is 5.97 Å². The van der Waals surface area contributed by atoms with E-state index in [0.29, 0.717) is 0 Å². The van der Waals surface area contributed by atoms with Crippen molar-refractivity contribution in [1.29, 1.82) is 0 Å². The van der Waals surface area contributed by atoms with Crippen molar-refractivity contribution in [2.24, 2.45) is 0 Å². The van der Waals surface area contributed by atoms with Gasteiger partial charge in [-0.3, -0.25) is 4.79 Å². The third-order valence-electron chi connectivity index (χ3n) is 3.34. The van der Waals surface area contributed by atoms with E-state index in [1.807, 2.05) is 19.1 Å². The van der Waals surface area contributed by atoms with Gasteiger partial charge in [0.15, 0.2) is 0 Å². The fourth-order valence-corrected chi connectivity index (χ4v) is 3.68. The Morgan fingerprint density at radius 3 is 2.56 bits per heavy atom. The summed E-state index contributed by atoms with van der Waals surface area (Å²) in [6.07, 6.45) is 2.83. The Bertz CT molecular complexity index is 452. The highest BCUT2D eigenvalue weighted by atomic mass is 32.2. The molecule has 0 radical (unpaired) electrons. The number of methoxy groups -OCH3 is 2. The number of benzene rings is 1. The third-order valence-corrected chi connectivity index (χ3v) is 4.85. The Labute approximate surface area is 112 Å². The second-order valence-electron chi connectivity index (χ2n) is 4.60. The van der Waals surface area contributed by atoms with Crippen molar-refractivity contribution in [1.82, 2.24) is 0 Å². The molecule has 1 aliphatic carbocycles. The van der Waals surface area contributed by atoms with Gasteiger partial charge in [-0.05, 0) is 43.9 Å². The monoisotopic (exact) mass is 266 g/mol. The SMILES string of the molecule is COC(=O)C1(Sc2cc(C)ccc2OC)CCC1. The molecule has 0 atom stereocenters. The van der Waals surface area contributed by atoms with Crippen molar-refractivity contribution in [3.8, 4) is 5.75 Å². The molecule has 2 rings (SSSR count). The van der Waals surface area contributed by atoms with Gasteiger partial charge in [0, 0.05) is 0 Å². The zero-order chi connectivity index (χ0) is 13.2. The summed E-state index contributed by atoms with van der Waals surface area (Å²) in [6.45, 7) is 2.04. The predicted molar refractivity (Wildman–Crippen MR) is 72.2 cm³/mol. The lowest BCUT2D eigenvalue weighted by atomic mass is 9.84. The molecule has 0 aliphatic heterocycles. The van der Waals surface area contributed by atoms with Crippen LogP contribution in [0.5, 0.6) is 5.75 Å². The number of aryl methyl sites for hydroxylation is 1. The quantitative estimate of drug-likeness (QED) is 0.784. The predicted octanol–water partition coefficient (Wildman–Crippen LogP) is 3.19. The molecule has 0 bridgehead atoms. The van der Waals surface area contributed by atoms with Gasteiger partial charge in [-0.15, -0.1) is 11.8 Å². The van der Waals surface area contributed by atoms with E-state index in [1.165, 1.54) is 7.11 Å². The summed E-state index contributed by atoms with van der Waals surface area (Å²) < 4.78 is 9.88. The van der Waals surface area contributed by atoms with Gasteiger partial charge in [0.1, 0.15) is 10.5 Å². The second kappa shape index (κ2) is 5.22. The fourth-order valence-electron chi connectivity index (χ4n) is 2.11. The molecule has 0 spiro atoms. The van der Waals surface area contributed by atoms with Gasteiger partial charge in [-0.2, -0.15) is 0 Å². The summed E-state index contributed by atoms with van der Waals surface area (Å²) in [6, 6.07) is 6.02. The van der Waals surface area contributed by atoms with E-state index in [-0.39, 0.29) is 5.97 Å². The van der Waals surface area contributed by atoms with Crippen LogP contribution in [0, 0.1) is 6.92 Å². The van der Waals surface area contributed by atoms with Crippen LogP contribution in [0.3, 0.4) is 0 Å². The van der Waals surface area contributed by atoms with Gasteiger partial charge in [0.2, 0.25) is 0 Å². The van der Waals surface area contributed by atoms with Crippen LogP contribution in [0.1, 0.15) is 24.8 Å². The number of rotatable bonds is 4. The summed E-state index contributed by atoms with van der Waals surface area (Å²) in [5.41, 5.74) is 1.16. The lowest BCUT2D eigenvalue weighted by Crippen LogP contribution is -2.42. The van der Waals surface area contributed by atoms with Crippen LogP contribution in [-0.2, 0) is 9.53 Å². The van der Waals surface area contributed by atoms with Crippen molar-refractivity contribution >= 4 is 17.7 Å². The molecular formula is C14H18O3S. The van der Waals surface area contributed by atoms with E-state index < -0.39 is 4.75 Å². The molecule has 0 N–H and O–H groups in total. The first-order valence-electron chi connectivity index (χ1n) is 6.03. The molecule has 1 saturated carbocycles. The molecule has 0 unspecified atom stereocenters. The van der Waals surface area contributed by atoms with Crippen LogP contribution >= 0.6 is 11.8 Å². The Morgan fingerprint density at radius 1 is 1.33 bits per heavy atom. The molecule has 0 saturated heterocycles. The minimum atomic E-state index is -0.407. The Hall–Kier alpha value is -1.16. The van der Waals surface area contributed by atoms with Gasteiger partial charge in [0.25, 0.3) is 0 Å². The van der Waals surface area contributed by atoms with Crippen LogP contribution in [0.15, 0.2) is 23.1 Å². The molecule has 3 nitrogen and oxygen atoms in total. The summed E-state index contributed by atoms with van der Waals surface area (Å²) in [7, 11) is 3.11. The molecule has 1 aromatic rings. The third kappa shape index (κ3) is 2.34. The van der Waals surface area contributed by atoms with Gasteiger partial charge in [0.05, 0.1) is 19.1 Å². The second-order valence-corrected chi connectivity index (χ2v) is 6.02. The highest BCUT2D eigenvalue weighted by molar-refractivity contribution is 8.01. The fraction of sp³-hybridized carbons (Fsp3) is 0.500. The lowest BCUT2D eigenvalue weighted by molar-refractivity contribution is -0.145. The molecule has 1 aromatic carbocycles. The van der Waals surface area contributed by atoms with Crippen LogP contribution < -0.4 is 4.74 Å². The highest BCUT2D eigenvalue weighted by Crippen LogP contribution is 2.50. The molecule has 18 heavy (non-hydrogen) atoms. The minimum absolute atomic E-state index is 0.123. The number of esters is 1. The van der Waals surface area contributed by atoms with Gasteiger partial charge < -0.3 is 9.47 Å². The Kier molecular flexibility index (Phi) is 3.85.